The van der Waals surface area contributed by atoms with Gasteiger partial charge in [-0.25, -0.2) is 4.98 Å². The number of ether oxygens (including phenoxy) is 1. The number of para-hydroxylation sites is 1. The standard InChI is InChI=1S/C19H25N5O2S/c1-4-22-9-11-23(12-10-22)16(14-7-5-6-8-15(14)26-3)17-18(25)24-19(27-17)20-13(2)21-24/h5-8,16,25H,4,9-12H2,1-3H3. The molecule has 4 rings (SSSR count). The van der Waals surface area contributed by atoms with Crippen molar-refractivity contribution in [2.45, 2.75) is 19.9 Å². The van der Waals surface area contributed by atoms with Crippen molar-refractivity contribution in [3.63, 3.8) is 0 Å². The maximum Gasteiger partial charge on any atom is 0.230 e. The fourth-order valence-corrected chi connectivity index (χ4v) is 4.91. The molecule has 1 aliphatic rings. The molecule has 1 aliphatic heterocycles. The highest BCUT2D eigenvalue weighted by molar-refractivity contribution is 7.17. The molecule has 27 heavy (non-hydrogen) atoms. The summed E-state index contributed by atoms with van der Waals surface area (Å²) in [4.78, 5) is 10.9. The van der Waals surface area contributed by atoms with Gasteiger partial charge in [-0.3, -0.25) is 4.90 Å². The van der Waals surface area contributed by atoms with Gasteiger partial charge in [0.05, 0.1) is 18.0 Å². The predicted octanol–water partition coefficient (Wildman–Crippen LogP) is 2.54. The van der Waals surface area contributed by atoms with E-state index in [0.717, 1.165) is 48.9 Å². The second-order valence-electron chi connectivity index (χ2n) is 6.76. The van der Waals surface area contributed by atoms with Crippen LogP contribution in [0.1, 0.15) is 29.2 Å². The minimum absolute atomic E-state index is 0.0889. The van der Waals surface area contributed by atoms with Crippen molar-refractivity contribution in [2.24, 2.45) is 0 Å². The molecule has 1 fully saturated rings. The number of benzene rings is 1. The summed E-state index contributed by atoms with van der Waals surface area (Å²) in [5.74, 6) is 1.66. The van der Waals surface area contributed by atoms with E-state index in [2.05, 4.69) is 32.9 Å². The molecular formula is C19H25N5O2S. The van der Waals surface area contributed by atoms with Crippen molar-refractivity contribution in [1.29, 1.82) is 0 Å². The topological polar surface area (TPSA) is 66.1 Å². The molecule has 7 nitrogen and oxygen atoms in total. The molecule has 0 saturated carbocycles. The zero-order valence-corrected chi connectivity index (χ0v) is 16.7. The second-order valence-corrected chi connectivity index (χ2v) is 7.77. The fourth-order valence-electron chi connectivity index (χ4n) is 3.76. The van der Waals surface area contributed by atoms with Crippen LogP contribution in [0.4, 0.5) is 0 Å². The molecule has 0 bridgehead atoms. The summed E-state index contributed by atoms with van der Waals surface area (Å²) in [6, 6.07) is 7.96. The number of thiazole rings is 1. The lowest BCUT2D eigenvalue weighted by Crippen LogP contribution is -2.47. The Kier molecular flexibility index (Phi) is 5.03. The molecule has 144 valence electrons. The van der Waals surface area contributed by atoms with Gasteiger partial charge in [-0.2, -0.15) is 4.52 Å². The first kappa shape index (κ1) is 18.2. The number of nitrogens with zero attached hydrogens (tertiary/aromatic N) is 5. The second kappa shape index (κ2) is 7.46. The Morgan fingerprint density at radius 3 is 2.63 bits per heavy atom. The Hall–Kier alpha value is -2.16. The zero-order chi connectivity index (χ0) is 19.0. The van der Waals surface area contributed by atoms with Gasteiger partial charge >= 0.3 is 0 Å². The van der Waals surface area contributed by atoms with E-state index in [1.54, 1.807) is 11.6 Å². The number of aryl methyl sites for hydroxylation is 1. The molecule has 0 amide bonds. The Labute approximate surface area is 162 Å². The Balaban J connectivity index is 1.80. The summed E-state index contributed by atoms with van der Waals surface area (Å²) >= 11 is 1.50. The molecule has 0 aliphatic carbocycles. The average molecular weight is 388 g/mol. The van der Waals surface area contributed by atoms with Crippen molar-refractivity contribution in [3.8, 4) is 11.6 Å². The monoisotopic (exact) mass is 387 g/mol. The number of hydrogen-bond acceptors (Lipinski definition) is 7. The zero-order valence-electron chi connectivity index (χ0n) is 15.9. The van der Waals surface area contributed by atoms with E-state index in [9.17, 15) is 5.11 Å². The van der Waals surface area contributed by atoms with Crippen LogP contribution in [-0.4, -0.2) is 69.3 Å². The van der Waals surface area contributed by atoms with Gasteiger partial charge in [0.2, 0.25) is 10.8 Å². The maximum atomic E-state index is 10.9. The predicted molar refractivity (Wildman–Crippen MR) is 106 cm³/mol. The number of piperazine rings is 1. The van der Waals surface area contributed by atoms with Gasteiger partial charge in [-0.05, 0) is 19.5 Å². The lowest BCUT2D eigenvalue weighted by molar-refractivity contribution is 0.112. The lowest BCUT2D eigenvalue weighted by Gasteiger charge is -2.39. The molecule has 3 heterocycles. The maximum absolute atomic E-state index is 10.9. The lowest BCUT2D eigenvalue weighted by atomic mass is 10.0. The molecule has 1 aromatic carbocycles. The Morgan fingerprint density at radius 1 is 1.22 bits per heavy atom. The number of aromatic hydroxyl groups is 1. The van der Waals surface area contributed by atoms with Crippen LogP contribution >= 0.6 is 11.3 Å². The first-order valence-corrected chi connectivity index (χ1v) is 10.1. The van der Waals surface area contributed by atoms with E-state index in [1.165, 1.54) is 11.3 Å². The van der Waals surface area contributed by atoms with Crippen LogP contribution in [0.3, 0.4) is 0 Å². The van der Waals surface area contributed by atoms with Crippen molar-refractivity contribution in [1.82, 2.24) is 24.4 Å². The summed E-state index contributed by atoms with van der Waals surface area (Å²) < 4.78 is 7.19. The number of methoxy groups -OCH3 is 1. The molecule has 1 N–H and O–H groups in total. The van der Waals surface area contributed by atoms with Crippen LogP contribution < -0.4 is 4.74 Å². The number of fused-ring (bicyclic) bond motifs is 1. The highest BCUT2D eigenvalue weighted by atomic mass is 32.1. The van der Waals surface area contributed by atoms with Crippen LogP contribution in [0, 0.1) is 6.92 Å². The summed E-state index contributed by atoms with van der Waals surface area (Å²) in [7, 11) is 1.69. The normalized spacial score (nSPS) is 17.4. The summed E-state index contributed by atoms with van der Waals surface area (Å²) in [5, 5.41) is 15.3. The van der Waals surface area contributed by atoms with Crippen LogP contribution in [-0.2, 0) is 0 Å². The van der Waals surface area contributed by atoms with Gasteiger partial charge in [0.15, 0.2) is 0 Å². The molecule has 8 heteroatoms. The van der Waals surface area contributed by atoms with Crippen LogP contribution in [0.2, 0.25) is 0 Å². The largest absolute Gasteiger partial charge is 0.496 e. The quantitative estimate of drug-likeness (QED) is 0.726. The highest BCUT2D eigenvalue weighted by Gasteiger charge is 2.33. The smallest absolute Gasteiger partial charge is 0.230 e. The SMILES string of the molecule is CCN1CCN(C(c2ccccc2OC)c2sc3nc(C)nn3c2O)CC1. The third-order valence-electron chi connectivity index (χ3n) is 5.21. The number of aromatic nitrogens is 3. The van der Waals surface area contributed by atoms with Gasteiger partial charge in [-0.1, -0.05) is 36.5 Å². The molecule has 1 saturated heterocycles. The molecular weight excluding hydrogens is 362 g/mol. The van der Waals surface area contributed by atoms with Gasteiger partial charge in [0, 0.05) is 31.7 Å². The molecule has 1 unspecified atom stereocenters. The number of rotatable bonds is 5. The van der Waals surface area contributed by atoms with Crippen molar-refractivity contribution >= 4 is 16.3 Å². The highest BCUT2D eigenvalue weighted by Crippen LogP contribution is 2.42. The number of hydrogen-bond donors (Lipinski definition) is 1. The van der Waals surface area contributed by atoms with E-state index < -0.39 is 0 Å². The van der Waals surface area contributed by atoms with Gasteiger partial charge in [0.25, 0.3) is 0 Å². The Morgan fingerprint density at radius 2 is 1.96 bits per heavy atom. The summed E-state index contributed by atoms with van der Waals surface area (Å²) in [5.41, 5.74) is 1.06. The van der Waals surface area contributed by atoms with Gasteiger partial charge < -0.3 is 14.7 Å². The summed E-state index contributed by atoms with van der Waals surface area (Å²) in [6.07, 6.45) is 0. The van der Waals surface area contributed by atoms with Gasteiger partial charge in [0.1, 0.15) is 11.6 Å². The van der Waals surface area contributed by atoms with E-state index in [0.29, 0.717) is 10.8 Å². The minimum atomic E-state index is -0.0889. The number of likely N-dealkylation sites (N-methyl/N-ethyl adjacent to an activating group) is 1. The molecule has 2 aromatic heterocycles. The average Bonchev–Trinajstić information content (AvgIpc) is 3.20. The summed E-state index contributed by atoms with van der Waals surface area (Å²) in [6.45, 7) is 8.99. The fraction of sp³-hybridized carbons (Fsp3) is 0.474. The van der Waals surface area contributed by atoms with Crippen LogP contribution in [0.25, 0.3) is 4.96 Å². The molecule has 0 radical (unpaired) electrons. The van der Waals surface area contributed by atoms with Crippen molar-refractivity contribution < 1.29 is 9.84 Å². The van der Waals surface area contributed by atoms with Gasteiger partial charge in [-0.15, -0.1) is 5.10 Å². The van der Waals surface area contributed by atoms with Crippen LogP contribution in [0.15, 0.2) is 24.3 Å². The van der Waals surface area contributed by atoms with Crippen molar-refractivity contribution in [3.05, 3.63) is 40.5 Å². The molecule has 0 spiro atoms. The van der Waals surface area contributed by atoms with Crippen LogP contribution in [0.5, 0.6) is 11.6 Å². The molecule has 3 aromatic rings. The van der Waals surface area contributed by atoms with Crippen molar-refractivity contribution in [2.75, 3.05) is 39.8 Å². The van der Waals surface area contributed by atoms with E-state index in [4.69, 9.17) is 4.74 Å². The van der Waals surface area contributed by atoms with E-state index in [1.807, 2.05) is 25.1 Å². The minimum Gasteiger partial charge on any atom is -0.496 e. The first-order chi connectivity index (χ1) is 13.1. The Bertz CT molecular complexity index is 929. The molecule has 1 atom stereocenters. The third-order valence-corrected chi connectivity index (χ3v) is 6.28. The third kappa shape index (κ3) is 3.28. The van der Waals surface area contributed by atoms with E-state index >= 15 is 0 Å². The van der Waals surface area contributed by atoms with E-state index in [-0.39, 0.29) is 11.9 Å². The first-order valence-electron chi connectivity index (χ1n) is 9.26.